The van der Waals surface area contributed by atoms with Gasteiger partial charge in [0.1, 0.15) is 5.69 Å². The lowest BCUT2D eigenvalue weighted by Crippen LogP contribution is -2.32. The lowest BCUT2D eigenvalue weighted by Gasteiger charge is -2.10. The van der Waals surface area contributed by atoms with Crippen LogP contribution in [0.3, 0.4) is 0 Å². The Morgan fingerprint density at radius 2 is 2.16 bits per heavy atom. The minimum Gasteiger partial charge on any atom is -0.349 e. The summed E-state index contributed by atoms with van der Waals surface area (Å²) in [5, 5.41) is 4.55. The van der Waals surface area contributed by atoms with E-state index in [2.05, 4.69) is 5.32 Å². The third kappa shape index (κ3) is 2.91. The van der Waals surface area contributed by atoms with Crippen molar-refractivity contribution in [3.8, 4) is 0 Å². The molecule has 0 unspecified atom stereocenters. The number of aromatic nitrogens is 1. The molecule has 1 aromatic carbocycles. The van der Waals surface area contributed by atoms with Crippen LogP contribution in [0.15, 0.2) is 24.3 Å². The van der Waals surface area contributed by atoms with E-state index in [1.807, 2.05) is 54.9 Å². The standard InChI is InChI=1S/C14H18ClN3O/c1-17(2)8-7-16-14(19)12-9-10-5-4-6-11(15)13(10)18(12)3/h4-6,9H,7-8H2,1-3H3,(H,16,19). The van der Waals surface area contributed by atoms with Gasteiger partial charge in [-0.05, 0) is 26.2 Å². The highest BCUT2D eigenvalue weighted by atomic mass is 35.5. The van der Waals surface area contributed by atoms with E-state index in [1.165, 1.54) is 0 Å². The zero-order valence-electron chi connectivity index (χ0n) is 11.4. The summed E-state index contributed by atoms with van der Waals surface area (Å²) in [6.45, 7) is 1.44. The Kier molecular flexibility index (Phi) is 4.12. The molecule has 0 aliphatic rings. The highest BCUT2D eigenvalue weighted by Crippen LogP contribution is 2.25. The minimum absolute atomic E-state index is 0.0726. The summed E-state index contributed by atoms with van der Waals surface area (Å²) in [6.07, 6.45) is 0. The lowest BCUT2D eigenvalue weighted by atomic mass is 10.2. The number of halogens is 1. The van der Waals surface area contributed by atoms with E-state index in [0.717, 1.165) is 17.4 Å². The third-order valence-electron chi connectivity index (χ3n) is 3.08. The number of carbonyl (C=O) groups is 1. The molecule has 19 heavy (non-hydrogen) atoms. The van der Waals surface area contributed by atoms with E-state index in [4.69, 9.17) is 11.6 Å². The smallest absolute Gasteiger partial charge is 0.267 e. The molecule has 102 valence electrons. The van der Waals surface area contributed by atoms with Gasteiger partial charge in [0, 0.05) is 25.5 Å². The fraction of sp³-hybridized carbons (Fsp3) is 0.357. The van der Waals surface area contributed by atoms with Crippen LogP contribution in [0, 0.1) is 0 Å². The van der Waals surface area contributed by atoms with Crippen molar-refractivity contribution in [2.75, 3.05) is 27.2 Å². The first-order chi connectivity index (χ1) is 9.00. The fourth-order valence-corrected chi connectivity index (χ4v) is 2.38. The van der Waals surface area contributed by atoms with E-state index in [9.17, 15) is 4.79 Å². The first kappa shape index (κ1) is 13.9. The highest BCUT2D eigenvalue weighted by molar-refractivity contribution is 6.35. The molecular formula is C14H18ClN3O. The topological polar surface area (TPSA) is 37.3 Å². The van der Waals surface area contributed by atoms with Gasteiger partial charge in [0.15, 0.2) is 0 Å². The Bertz CT molecular complexity index is 604. The maximum absolute atomic E-state index is 12.1. The minimum atomic E-state index is -0.0726. The van der Waals surface area contributed by atoms with Gasteiger partial charge in [0.2, 0.25) is 0 Å². The predicted molar refractivity (Wildman–Crippen MR) is 78.8 cm³/mol. The van der Waals surface area contributed by atoms with Crippen molar-refractivity contribution >= 4 is 28.4 Å². The van der Waals surface area contributed by atoms with Crippen LogP contribution in [-0.2, 0) is 7.05 Å². The number of carbonyl (C=O) groups excluding carboxylic acids is 1. The first-order valence-corrected chi connectivity index (χ1v) is 6.55. The molecule has 1 heterocycles. The molecule has 4 nitrogen and oxygen atoms in total. The first-order valence-electron chi connectivity index (χ1n) is 6.17. The lowest BCUT2D eigenvalue weighted by molar-refractivity contribution is 0.0943. The molecule has 1 amide bonds. The van der Waals surface area contributed by atoms with E-state index < -0.39 is 0 Å². The second-order valence-corrected chi connectivity index (χ2v) is 5.23. The number of para-hydroxylation sites is 1. The average Bonchev–Trinajstić information content (AvgIpc) is 2.67. The molecular weight excluding hydrogens is 262 g/mol. The Balaban J connectivity index is 2.23. The molecule has 2 aromatic rings. The van der Waals surface area contributed by atoms with Gasteiger partial charge in [-0.3, -0.25) is 4.79 Å². The molecule has 2 rings (SSSR count). The number of hydrogen-bond acceptors (Lipinski definition) is 2. The summed E-state index contributed by atoms with van der Waals surface area (Å²) in [5.74, 6) is -0.0726. The number of nitrogens with zero attached hydrogens (tertiary/aromatic N) is 2. The van der Waals surface area contributed by atoms with Crippen molar-refractivity contribution in [3.05, 3.63) is 35.0 Å². The molecule has 1 aromatic heterocycles. The molecule has 0 radical (unpaired) electrons. The Morgan fingerprint density at radius 3 is 2.79 bits per heavy atom. The second kappa shape index (κ2) is 5.63. The Hall–Kier alpha value is -1.52. The maximum atomic E-state index is 12.1. The molecule has 0 aliphatic carbocycles. The average molecular weight is 280 g/mol. The fourth-order valence-electron chi connectivity index (χ4n) is 2.07. The summed E-state index contributed by atoms with van der Waals surface area (Å²) in [6, 6.07) is 7.54. The highest BCUT2D eigenvalue weighted by Gasteiger charge is 2.14. The van der Waals surface area contributed by atoms with Gasteiger partial charge in [-0.25, -0.2) is 0 Å². The van der Waals surface area contributed by atoms with Gasteiger partial charge >= 0.3 is 0 Å². The number of rotatable bonds is 4. The summed E-state index contributed by atoms with van der Waals surface area (Å²) in [4.78, 5) is 14.2. The van der Waals surface area contributed by atoms with Gasteiger partial charge in [-0.1, -0.05) is 23.7 Å². The summed E-state index contributed by atoms with van der Waals surface area (Å²) < 4.78 is 1.84. The number of fused-ring (bicyclic) bond motifs is 1. The van der Waals surface area contributed by atoms with E-state index >= 15 is 0 Å². The zero-order valence-corrected chi connectivity index (χ0v) is 12.2. The van der Waals surface area contributed by atoms with Crippen LogP contribution in [0.2, 0.25) is 5.02 Å². The second-order valence-electron chi connectivity index (χ2n) is 4.83. The van der Waals surface area contributed by atoms with Crippen molar-refractivity contribution < 1.29 is 4.79 Å². The molecule has 0 aliphatic heterocycles. The molecule has 0 atom stereocenters. The molecule has 0 bridgehead atoms. The number of likely N-dealkylation sites (N-methyl/N-ethyl adjacent to an activating group) is 1. The van der Waals surface area contributed by atoms with Crippen LogP contribution in [-0.4, -0.2) is 42.6 Å². The van der Waals surface area contributed by atoms with E-state index in [0.29, 0.717) is 17.3 Å². The number of amides is 1. The largest absolute Gasteiger partial charge is 0.349 e. The van der Waals surface area contributed by atoms with Gasteiger partial charge < -0.3 is 14.8 Å². The van der Waals surface area contributed by atoms with Crippen LogP contribution < -0.4 is 5.32 Å². The van der Waals surface area contributed by atoms with E-state index in [-0.39, 0.29) is 5.91 Å². The molecule has 0 fully saturated rings. The maximum Gasteiger partial charge on any atom is 0.267 e. The molecule has 0 spiro atoms. The number of nitrogens with one attached hydrogen (secondary N) is 1. The van der Waals surface area contributed by atoms with Crippen LogP contribution >= 0.6 is 11.6 Å². The summed E-state index contributed by atoms with van der Waals surface area (Å²) >= 11 is 6.17. The number of hydrogen-bond donors (Lipinski definition) is 1. The Labute approximate surface area is 117 Å². The van der Waals surface area contributed by atoms with Gasteiger partial charge in [0.05, 0.1) is 10.5 Å². The number of benzene rings is 1. The summed E-state index contributed by atoms with van der Waals surface area (Å²) in [7, 11) is 5.81. The Morgan fingerprint density at radius 1 is 1.42 bits per heavy atom. The third-order valence-corrected chi connectivity index (χ3v) is 3.39. The molecule has 0 saturated heterocycles. The quantitative estimate of drug-likeness (QED) is 0.931. The van der Waals surface area contributed by atoms with Crippen molar-refractivity contribution in [1.82, 2.24) is 14.8 Å². The normalized spacial score (nSPS) is 11.2. The van der Waals surface area contributed by atoms with Crippen molar-refractivity contribution in [1.29, 1.82) is 0 Å². The molecule has 5 heteroatoms. The van der Waals surface area contributed by atoms with Crippen LogP contribution in [0.5, 0.6) is 0 Å². The predicted octanol–water partition coefficient (Wildman–Crippen LogP) is 2.12. The zero-order chi connectivity index (χ0) is 14.0. The van der Waals surface area contributed by atoms with Gasteiger partial charge in [-0.2, -0.15) is 0 Å². The number of aryl methyl sites for hydroxylation is 1. The SMILES string of the molecule is CN(C)CCNC(=O)c1cc2cccc(Cl)c2n1C. The summed E-state index contributed by atoms with van der Waals surface area (Å²) in [5.41, 5.74) is 1.52. The molecule has 1 N–H and O–H groups in total. The van der Waals surface area contributed by atoms with Crippen LogP contribution in [0.1, 0.15) is 10.5 Å². The van der Waals surface area contributed by atoms with E-state index in [1.54, 1.807) is 0 Å². The van der Waals surface area contributed by atoms with Crippen molar-refractivity contribution in [3.63, 3.8) is 0 Å². The van der Waals surface area contributed by atoms with Gasteiger partial charge in [-0.15, -0.1) is 0 Å². The van der Waals surface area contributed by atoms with Crippen molar-refractivity contribution in [2.24, 2.45) is 7.05 Å². The molecule has 0 saturated carbocycles. The van der Waals surface area contributed by atoms with Crippen molar-refractivity contribution in [2.45, 2.75) is 0 Å². The van der Waals surface area contributed by atoms with Crippen LogP contribution in [0.4, 0.5) is 0 Å². The van der Waals surface area contributed by atoms with Gasteiger partial charge in [0.25, 0.3) is 5.91 Å². The monoisotopic (exact) mass is 279 g/mol. The van der Waals surface area contributed by atoms with Crippen LogP contribution in [0.25, 0.3) is 10.9 Å².